The number of ether oxygens (including phenoxy) is 1. The van der Waals surface area contributed by atoms with Crippen LogP contribution in [0.5, 0.6) is 6.01 Å². The number of hydrogen-bond acceptors (Lipinski definition) is 7. The monoisotopic (exact) mass is 274 g/mol. The van der Waals surface area contributed by atoms with Gasteiger partial charge in [0, 0.05) is 18.9 Å². The van der Waals surface area contributed by atoms with E-state index in [1.54, 1.807) is 6.20 Å². The summed E-state index contributed by atoms with van der Waals surface area (Å²) in [4.78, 5) is 16.2. The Hall–Kier alpha value is -2.44. The van der Waals surface area contributed by atoms with Gasteiger partial charge < -0.3 is 15.8 Å². The van der Waals surface area contributed by atoms with Gasteiger partial charge in [-0.25, -0.2) is 0 Å². The van der Waals surface area contributed by atoms with Crippen LogP contribution in [0.3, 0.4) is 0 Å². The molecule has 106 valence electrons. The second kappa shape index (κ2) is 6.14. The lowest BCUT2D eigenvalue weighted by Crippen LogP contribution is -2.13. The number of aryl methyl sites for hydroxylation is 1. The average Bonchev–Trinajstić information content (AvgIpc) is 2.36. The van der Waals surface area contributed by atoms with Crippen molar-refractivity contribution >= 4 is 11.9 Å². The van der Waals surface area contributed by atoms with Gasteiger partial charge in [-0.2, -0.15) is 15.0 Å². The first kappa shape index (κ1) is 14.0. The number of rotatable bonds is 5. The lowest BCUT2D eigenvalue weighted by Gasteiger charge is -2.10. The highest BCUT2D eigenvalue weighted by molar-refractivity contribution is 5.34. The molecule has 20 heavy (non-hydrogen) atoms. The SMILES string of the molecule is Cc1cnccc1CNc1nc(N)nc(OC(C)C)n1. The highest BCUT2D eigenvalue weighted by Crippen LogP contribution is 2.12. The van der Waals surface area contributed by atoms with Crippen molar-refractivity contribution in [3.8, 4) is 6.01 Å². The van der Waals surface area contributed by atoms with E-state index in [4.69, 9.17) is 10.5 Å². The van der Waals surface area contributed by atoms with E-state index in [1.807, 2.05) is 33.0 Å². The zero-order valence-corrected chi connectivity index (χ0v) is 11.8. The summed E-state index contributed by atoms with van der Waals surface area (Å²) >= 11 is 0. The fraction of sp³-hybridized carbons (Fsp3) is 0.385. The fourth-order valence-electron chi connectivity index (χ4n) is 1.59. The number of nitrogens with two attached hydrogens (primary N) is 1. The maximum Gasteiger partial charge on any atom is 0.323 e. The summed E-state index contributed by atoms with van der Waals surface area (Å²) < 4.78 is 5.42. The molecule has 0 bridgehead atoms. The van der Waals surface area contributed by atoms with E-state index in [0.29, 0.717) is 12.5 Å². The zero-order chi connectivity index (χ0) is 14.5. The van der Waals surface area contributed by atoms with E-state index in [9.17, 15) is 0 Å². The zero-order valence-electron chi connectivity index (χ0n) is 11.8. The molecule has 0 unspecified atom stereocenters. The van der Waals surface area contributed by atoms with E-state index in [-0.39, 0.29) is 18.1 Å². The predicted octanol–water partition coefficient (Wildman–Crippen LogP) is 1.56. The van der Waals surface area contributed by atoms with Gasteiger partial charge in [-0.3, -0.25) is 4.98 Å². The number of hydrogen-bond donors (Lipinski definition) is 2. The molecule has 0 aliphatic heterocycles. The van der Waals surface area contributed by atoms with Crippen molar-refractivity contribution in [2.24, 2.45) is 0 Å². The van der Waals surface area contributed by atoms with E-state index in [2.05, 4.69) is 25.3 Å². The van der Waals surface area contributed by atoms with Gasteiger partial charge in [0.05, 0.1) is 6.10 Å². The van der Waals surface area contributed by atoms with Crippen LogP contribution in [0.25, 0.3) is 0 Å². The molecule has 0 amide bonds. The Kier molecular flexibility index (Phi) is 4.29. The van der Waals surface area contributed by atoms with Gasteiger partial charge in [0.2, 0.25) is 11.9 Å². The van der Waals surface area contributed by atoms with Crippen LogP contribution in [0.15, 0.2) is 18.5 Å². The van der Waals surface area contributed by atoms with Crippen molar-refractivity contribution in [3.63, 3.8) is 0 Å². The molecule has 7 nitrogen and oxygen atoms in total. The summed E-state index contributed by atoms with van der Waals surface area (Å²) in [6, 6.07) is 2.17. The van der Waals surface area contributed by atoms with Gasteiger partial charge in [-0.05, 0) is 38.0 Å². The Morgan fingerprint density at radius 3 is 2.80 bits per heavy atom. The first-order valence-corrected chi connectivity index (χ1v) is 6.36. The molecule has 2 aromatic rings. The maximum absolute atomic E-state index is 5.64. The van der Waals surface area contributed by atoms with Crippen LogP contribution in [0.1, 0.15) is 25.0 Å². The summed E-state index contributed by atoms with van der Waals surface area (Å²) in [5.74, 6) is 0.522. The molecule has 0 atom stereocenters. The molecule has 0 aromatic carbocycles. The third-order valence-electron chi connectivity index (χ3n) is 2.55. The second-order valence-electron chi connectivity index (χ2n) is 4.62. The van der Waals surface area contributed by atoms with Gasteiger partial charge in [-0.15, -0.1) is 0 Å². The molecular weight excluding hydrogens is 256 g/mol. The number of anilines is 2. The third kappa shape index (κ3) is 3.78. The smallest absolute Gasteiger partial charge is 0.323 e. The molecule has 2 rings (SSSR count). The Balaban J connectivity index is 2.09. The summed E-state index contributed by atoms with van der Waals surface area (Å²) in [6.07, 6.45) is 3.54. The molecule has 2 heterocycles. The largest absolute Gasteiger partial charge is 0.461 e. The lowest BCUT2D eigenvalue weighted by atomic mass is 10.1. The molecule has 0 aliphatic rings. The normalized spacial score (nSPS) is 10.6. The average molecular weight is 274 g/mol. The van der Waals surface area contributed by atoms with Crippen LogP contribution in [-0.2, 0) is 6.54 Å². The number of nitrogens with zero attached hydrogens (tertiary/aromatic N) is 4. The van der Waals surface area contributed by atoms with Gasteiger partial charge in [-0.1, -0.05) is 0 Å². The fourth-order valence-corrected chi connectivity index (χ4v) is 1.59. The number of pyridine rings is 1. The molecule has 0 fully saturated rings. The highest BCUT2D eigenvalue weighted by atomic mass is 16.5. The van der Waals surface area contributed by atoms with Crippen molar-refractivity contribution in [2.75, 3.05) is 11.1 Å². The van der Waals surface area contributed by atoms with Crippen LogP contribution in [-0.4, -0.2) is 26.0 Å². The van der Waals surface area contributed by atoms with Crippen molar-refractivity contribution in [1.29, 1.82) is 0 Å². The third-order valence-corrected chi connectivity index (χ3v) is 2.55. The minimum Gasteiger partial charge on any atom is -0.461 e. The molecular formula is C13H18N6O. The summed E-state index contributed by atoms with van der Waals surface area (Å²) in [5, 5.41) is 3.11. The van der Waals surface area contributed by atoms with Crippen molar-refractivity contribution in [3.05, 3.63) is 29.6 Å². The molecule has 0 radical (unpaired) electrons. The van der Waals surface area contributed by atoms with Crippen LogP contribution in [0, 0.1) is 6.92 Å². The Labute approximate surface area is 117 Å². The number of nitrogen functional groups attached to an aromatic ring is 1. The Morgan fingerprint density at radius 2 is 2.10 bits per heavy atom. The first-order chi connectivity index (χ1) is 9.54. The summed E-state index contributed by atoms with van der Waals surface area (Å²) in [7, 11) is 0. The summed E-state index contributed by atoms with van der Waals surface area (Å²) in [5.41, 5.74) is 7.86. The van der Waals surface area contributed by atoms with Gasteiger partial charge in [0.25, 0.3) is 0 Å². The summed E-state index contributed by atoms with van der Waals surface area (Å²) in [6.45, 7) is 6.37. The minimum atomic E-state index is -0.0212. The maximum atomic E-state index is 5.64. The van der Waals surface area contributed by atoms with Gasteiger partial charge >= 0.3 is 6.01 Å². The molecule has 3 N–H and O–H groups in total. The standard InChI is InChI=1S/C13H18N6O/c1-8(2)20-13-18-11(14)17-12(19-13)16-7-10-4-5-15-6-9(10)3/h4-6,8H,7H2,1-3H3,(H3,14,16,17,18,19). The van der Waals surface area contributed by atoms with Gasteiger partial charge in [0.15, 0.2) is 0 Å². The van der Waals surface area contributed by atoms with Crippen molar-refractivity contribution in [2.45, 2.75) is 33.4 Å². The van der Waals surface area contributed by atoms with E-state index >= 15 is 0 Å². The Bertz CT molecular complexity index is 587. The van der Waals surface area contributed by atoms with Crippen LogP contribution in [0.2, 0.25) is 0 Å². The molecule has 0 spiro atoms. The van der Waals surface area contributed by atoms with E-state index in [1.165, 1.54) is 0 Å². The minimum absolute atomic E-state index is 0.0212. The van der Waals surface area contributed by atoms with Crippen LogP contribution in [0.4, 0.5) is 11.9 Å². The molecule has 7 heteroatoms. The second-order valence-corrected chi connectivity index (χ2v) is 4.62. The highest BCUT2D eigenvalue weighted by Gasteiger charge is 2.07. The molecule has 0 aliphatic carbocycles. The van der Waals surface area contributed by atoms with Crippen molar-refractivity contribution < 1.29 is 4.74 Å². The van der Waals surface area contributed by atoms with Crippen molar-refractivity contribution in [1.82, 2.24) is 19.9 Å². The number of nitrogens with one attached hydrogen (secondary N) is 1. The molecule has 0 saturated heterocycles. The van der Waals surface area contributed by atoms with Crippen LogP contribution < -0.4 is 15.8 Å². The van der Waals surface area contributed by atoms with E-state index < -0.39 is 0 Å². The van der Waals surface area contributed by atoms with E-state index in [0.717, 1.165) is 11.1 Å². The Morgan fingerprint density at radius 1 is 1.30 bits per heavy atom. The lowest BCUT2D eigenvalue weighted by molar-refractivity contribution is 0.222. The topological polar surface area (TPSA) is 98.8 Å². The molecule has 2 aromatic heterocycles. The van der Waals surface area contributed by atoms with Crippen LogP contribution >= 0.6 is 0 Å². The van der Waals surface area contributed by atoms with Gasteiger partial charge in [0.1, 0.15) is 0 Å². The molecule has 0 saturated carbocycles. The first-order valence-electron chi connectivity index (χ1n) is 6.36. The quantitative estimate of drug-likeness (QED) is 0.853. The predicted molar refractivity (Wildman–Crippen MR) is 76.3 cm³/mol. The number of aromatic nitrogens is 4.